The van der Waals surface area contributed by atoms with E-state index in [0.717, 1.165) is 11.3 Å². The van der Waals surface area contributed by atoms with Crippen molar-refractivity contribution in [2.45, 2.75) is 19.3 Å². The lowest BCUT2D eigenvalue weighted by Crippen LogP contribution is -2.26. The first kappa shape index (κ1) is 21.9. The number of aromatic amines is 1. The van der Waals surface area contributed by atoms with Crippen LogP contribution in [0.5, 0.6) is 5.75 Å². The summed E-state index contributed by atoms with van der Waals surface area (Å²) in [7, 11) is 1.60. The fraction of sp³-hybridized carbons (Fsp3) is 0.286. The predicted molar refractivity (Wildman–Crippen MR) is 119 cm³/mol. The van der Waals surface area contributed by atoms with E-state index in [2.05, 4.69) is 40.9 Å². The second-order valence-corrected chi connectivity index (χ2v) is 7.03. The van der Waals surface area contributed by atoms with E-state index in [1.807, 2.05) is 24.3 Å². The molecule has 3 heterocycles. The molecule has 12 nitrogen and oxygen atoms in total. The number of H-pyrrole nitrogens is 1. The molecule has 0 spiro atoms. The first-order valence-electron chi connectivity index (χ1n) is 10.3. The van der Waals surface area contributed by atoms with Crippen molar-refractivity contribution < 1.29 is 14.1 Å². The molecule has 33 heavy (non-hydrogen) atoms. The second-order valence-electron chi connectivity index (χ2n) is 7.03. The van der Waals surface area contributed by atoms with Crippen molar-refractivity contribution in [3.8, 4) is 17.1 Å². The van der Waals surface area contributed by atoms with E-state index in [1.54, 1.807) is 7.11 Å². The number of rotatable bonds is 10. The number of carbonyl (C=O) groups excluding carboxylic acids is 1. The van der Waals surface area contributed by atoms with Crippen molar-refractivity contribution in [1.29, 1.82) is 0 Å². The van der Waals surface area contributed by atoms with Gasteiger partial charge in [0, 0.05) is 43.9 Å². The number of nitrogens with one attached hydrogen (secondary N) is 3. The third-order valence-corrected chi connectivity index (χ3v) is 4.76. The molecule has 12 heteroatoms. The number of methoxy groups -OCH3 is 1. The van der Waals surface area contributed by atoms with Crippen LogP contribution in [0.25, 0.3) is 22.4 Å². The second kappa shape index (κ2) is 10.3. The average Bonchev–Trinajstić information content (AvgIpc) is 3.33. The molecule has 4 aromatic rings. The Bertz CT molecular complexity index is 1290. The van der Waals surface area contributed by atoms with Gasteiger partial charge in [0.2, 0.25) is 17.6 Å². The van der Waals surface area contributed by atoms with Crippen LogP contribution in [0, 0.1) is 0 Å². The van der Waals surface area contributed by atoms with E-state index in [0.29, 0.717) is 49.0 Å². The van der Waals surface area contributed by atoms with Gasteiger partial charge in [-0.25, -0.2) is 15.1 Å². The Morgan fingerprint density at radius 2 is 1.91 bits per heavy atom. The normalized spacial score (nSPS) is 10.8. The number of ether oxygens (including phenoxy) is 1. The molecule has 1 aromatic carbocycles. The SMILES string of the molecule is COc1ccc(-c2noc(CCC(=O)NCCCNc3n[nH]c(=O)c4nccnc34)n2)cc1. The van der Waals surface area contributed by atoms with E-state index in [4.69, 9.17) is 9.26 Å². The third kappa shape index (κ3) is 5.47. The number of carbonyl (C=O) groups is 1. The predicted octanol–water partition coefficient (Wildman–Crippen LogP) is 1.32. The number of nitrogens with zero attached hydrogens (tertiary/aromatic N) is 5. The van der Waals surface area contributed by atoms with Gasteiger partial charge in [0.1, 0.15) is 11.3 Å². The fourth-order valence-corrected chi connectivity index (χ4v) is 3.06. The molecule has 0 radical (unpaired) electrons. The van der Waals surface area contributed by atoms with E-state index >= 15 is 0 Å². The van der Waals surface area contributed by atoms with E-state index in [-0.39, 0.29) is 17.8 Å². The summed E-state index contributed by atoms with van der Waals surface area (Å²) in [6.07, 6.45) is 4.18. The van der Waals surface area contributed by atoms with Crippen LogP contribution in [0.3, 0.4) is 0 Å². The zero-order valence-electron chi connectivity index (χ0n) is 17.9. The molecule has 4 rings (SSSR count). The van der Waals surface area contributed by atoms with Gasteiger partial charge in [0.15, 0.2) is 11.3 Å². The summed E-state index contributed by atoms with van der Waals surface area (Å²) in [5.74, 6) is 1.93. The molecule has 0 aliphatic rings. The lowest BCUT2D eigenvalue weighted by molar-refractivity contribution is -0.121. The molecule has 0 saturated heterocycles. The highest BCUT2D eigenvalue weighted by Crippen LogP contribution is 2.20. The van der Waals surface area contributed by atoms with Gasteiger partial charge < -0.3 is 19.9 Å². The van der Waals surface area contributed by atoms with Crippen molar-refractivity contribution in [3.05, 3.63) is 52.9 Å². The summed E-state index contributed by atoms with van der Waals surface area (Å²) < 4.78 is 10.4. The van der Waals surface area contributed by atoms with E-state index in [1.165, 1.54) is 12.4 Å². The zero-order valence-corrected chi connectivity index (χ0v) is 17.9. The van der Waals surface area contributed by atoms with Gasteiger partial charge in [0.05, 0.1) is 7.11 Å². The molecular formula is C21H22N8O4. The molecule has 0 aliphatic heterocycles. The highest BCUT2D eigenvalue weighted by Gasteiger charge is 2.11. The van der Waals surface area contributed by atoms with Crippen molar-refractivity contribution >= 4 is 22.8 Å². The van der Waals surface area contributed by atoms with Gasteiger partial charge in [0.25, 0.3) is 5.56 Å². The molecule has 0 fully saturated rings. The first-order valence-corrected chi connectivity index (χ1v) is 10.3. The van der Waals surface area contributed by atoms with Crippen molar-refractivity contribution in [3.63, 3.8) is 0 Å². The van der Waals surface area contributed by atoms with Crippen LogP contribution in [-0.2, 0) is 11.2 Å². The number of hydrogen-bond acceptors (Lipinski definition) is 10. The first-order chi connectivity index (χ1) is 16.1. The average molecular weight is 450 g/mol. The summed E-state index contributed by atoms with van der Waals surface area (Å²) in [6, 6.07) is 7.31. The maximum Gasteiger partial charge on any atom is 0.292 e. The molecule has 0 saturated carbocycles. The van der Waals surface area contributed by atoms with Crippen LogP contribution in [0.15, 0.2) is 46.0 Å². The molecule has 3 aromatic heterocycles. The van der Waals surface area contributed by atoms with Crippen LogP contribution in [0.1, 0.15) is 18.7 Å². The minimum atomic E-state index is -0.395. The minimum absolute atomic E-state index is 0.113. The standard InChI is InChI=1S/C21H22N8O4/c1-32-14-5-3-13(4-6-14)19-26-16(33-29-19)8-7-15(30)22-9-2-10-25-20-17-18(21(31)28-27-20)24-12-11-23-17/h3-6,11-12H,2,7-10H2,1H3,(H,22,30)(H,25,27)(H,28,31). The monoisotopic (exact) mass is 450 g/mol. The smallest absolute Gasteiger partial charge is 0.292 e. The van der Waals surface area contributed by atoms with Crippen LogP contribution in [0.2, 0.25) is 0 Å². The van der Waals surface area contributed by atoms with E-state index in [9.17, 15) is 9.59 Å². The Morgan fingerprint density at radius 1 is 1.12 bits per heavy atom. The summed E-state index contributed by atoms with van der Waals surface area (Å²) in [5, 5.41) is 16.3. The van der Waals surface area contributed by atoms with Gasteiger partial charge in [-0.05, 0) is 30.7 Å². The summed E-state index contributed by atoms with van der Waals surface area (Å²) in [4.78, 5) is 36.3. The number of aryl methyl sites for hydroxylation is 1. The Labute approximate surface area is 187 Å². The van der Waals surface area contributed by atoms with E-state index < -0.39 is 5.56 Å². The molecule has 0 unspecified atom stereocenters. The highest BCUT2D eigenvalue weighted by atomic mass is 16.5. The largest absolute Gasteiger partial charge is 0.497 e. The quantitative estimate of drug-likeness (QED) is 0.301. The van der Waals surface area contributed by atoms with Gasteiger partial charge in [-0.3, -0.25) is 9.59 Å². The summed E-state index contributed by atoms with van der Waals surface area (Å²) in [5.41, 5.74) is 1.03. The highest BCUT2D eigenvalue weighted by molar-refractivity contribution is 5.83. The number of amides is 1. The van der Waals surface area contributed by atoms with Gasteiger partial charge in [-0.1, -0.05) is 5.16 Å². The van der Waals surface area contributed by atoms with Crippen molar-refractivity contribution in [2.75, 3.05) is 25.5 Å². The molecule has 0 aliphatic carbocycles. The molecule has 0 atom stereocenters. The Balaban J connectivity index is 1.18. The van der Waals surface area contributed by atoms with Crippen LogP contribution < -0.4 is 20.9 Å². The van der Waals surface area contributed by atoms with Crippen molar-refractivity contribution in [1.82, 2.24) is 35.6 Å². The fourth-order valence-electron chi connectivity index (χ4n) is 3.06. The van der Waals surface area contributed by atoms with Gasteiger partial charge in [-0.2, -0.15) is 10.1 Å². The van der Waals surface area contributed by atoms with Crippen LogP contribution >= 0.6 is 0 Å². The van der Waals surface area contributed by atoms with Gasteiger partial charge in [-0.15, -0.1) is 0 Å². The number of benzene rings is 1. The molecule has 3 N–H and O–H groups in total. The lowest BCUT2D eigenvalue weighted by Gasteiger charge is -2.07. The zero-order chi connectivity index (χ0) is 23.0. The van der Waals surface area contributed by atoms with Crippen LogP contribution in [0.4, 0.5) is 5.82 Å². The Hall–Kier alpha value is -4.35. The molecule has 1 amide bonds. The lowest BCUT2D eigenvalue weighted by atomic mass is 10.2. The molecule has 170 valence electrons. The van der Waals surface area contributed by atoms with Gasteiger partial charge >= 0.3 is 0 Å². The molecular weight excluding hydrogens is 428 g/mol. The van der Waals surface area contributed by atoms with Crippen LogP contribution in [-0.4, -0.2) is 56.4 Å². The number of fused-ring (bicyclic) bond motifs is 1. The number of hydrogen-bond donors (Lipinski definition) is 3. The summed E-state index contributed by atoms with van der Waals surface area (Å²) >= 11 is 0. The summed E-state index contributed by atoms with van der Waals surface area (Å²) in [6.45, 7) is 1.000. The Kier molecular flexibility index (Phi) is 6.83. The maximum absolute atomic E-state index is 12.1. The third-order valence-electron chi connectivity index (χ3n) is 4.76. The molecule has 0 bridgehead atoms. The number of aromatic nitrogens is 6. The minimum Gasteiger partial charge on any atom is -0.497 e. The van der Waals surface area contributed by atoms with Crippen molar-refractivity contribution in [2.24, 2.45) is 0 Å². The maximum atomic E-state index is 12.1. The number of anilines is 1. The topological polar surface area (TPSA) is 161 Å². The Morgan fingerprint density at radius 3 is 2.70 bits per heavy atom.